The van der Waals surface area contributed by atoms with Gasteiger partial charge in [-0.25, -0.2) is 0 Å². The number of piperazine rings is 1. The highest BCUT2D eigenvalue weighted by Crippen LogP contribution is 2.21. The molecular weight excluding hydrogens is 216 g/mol. The van der Waals surface area contributed by atoms with E-state index < -0.39 is 0 Å². The maximum atomic E-state index is 11.8. The molecule has 0 spiro atoms. The number of Topliss-reactive ketones (excluding diaryl/α,β-unsaturated/α-hetero) is 1. The predicted octanol–water partition coefficient (Wildman–Crippen LogP) is 0.618. The molecule has 1 atom stereocenters. The summed E-state index contributed by atoms with van der Waals surface area (Å²) in [5, 5.41) is 0. The summed E-state index contributed by atoms with van der Waals surface area (Å²) in [6.07, 6.45) is 0.599. The highest BCUT2D eigenvalue weighted by molar-refractivity contribution is 5.82. The number of ketones is 1. The molecule has 4 heteroatoms. The molecule has 2 aliphatic heterocycles. The minimum atomic E-state index is 0.1000. The minimum absolute atomic E-state index is 0.1000. The van der Waals surface area contributed by atoms with E-state index in [0.29, 0.717) is 25.4 Å². The van der Waals surface area contributed by atoms with Gasteiger partial charge in [-0.05, 0) is 20.9 Å². The Morgan fingerprint density at radius 1 is 1.41 bits per heavy atom. The first-order valence-corrected chi connectivity index (χ1v) is 6.53. The van der Waals surface area contributed by atoms with E-state index in [0.717, 1.165) is 26.2 Å². The number of hydrogen-bond acceptors (Lipinski definition) is 4. The summed E-state index contributed by atoms with van der Waals surface area (Å²) in [4.78, 5) is 16.6. The van der Waals surface area contributed by atoms with Crippen molar-refractivity contribution in [3.8, 4) is 0 Å². The third kappa shape index (κ3) is 3.06. The first-order chi connectivity index (χ1) is 7.99. The van der Waals surface area contributed by atoms with Crippen LogP contribution in [-0.2, 0) is 9.53 Å². The molecule has 0 N–H and O–H groups in total. The summed E-state index contributed by atoms with van der Waals surface area (Å²) in [7, 11) is 2.17. The van der Waals surface area contributed by atoms with Crippen LogP contribution in [0, 0.1) is 5.92 Å². The van der Waals surface area contributed by atoms with Crippen LogP contribution in [0.1, 0.15) is 20.3 Å². The number of ether oxygens (including phenoxy) is 1. The van der Waals surface area contributed by atoms with Gasteiger partial charge in [0, 0.05) is 38.1 Å². The zero-order valence-electron chi connectivity index (χ0n) is 11.2. The SMILES string of the molecule is CN1CCN(CC2COCCC2=O)CC1(C)C. The number of carbonyl (C=O) groups excluding carboxylic acids is 1. The van der Waals surface area contributed by atoms with Crippen LogP contribution in [0.15, 0.2) is 0 Å². The molecular formula is C13H24N2O2. The van der Waals surface area contributed by atoms with Gasteiger partial charge in [-0.15, -0.1) is 0 Å². The Morgan fingerprint density at radius 3 is 2.82 bits per heavy atom. The standard InChI is InChI=1S/C13H24N2O2/c1-13(2)10-15(6-5-14(13)3)8-11-9-17-7-4-12(11)16/h11H,4-10H2,1-3H3. The Labute approximate surface area is 104 Å². The van der Waals surface area contributed by atoms with Crippen molar-refractivity contribution >= 4 is 5.78 Å². The first-order valence-electron chi connectivity index (χ1n) is 6.53. The Morgan fingerprint density at radius 2 is 2.18 bits per heavy atom. The van der Waals surface area contributed by atoms with E-state index >= 15 is 0 Å². The second kappa shape index (κ2) is 5.04. The topological polar surface area (TPSA) is 32.8 Å². The number of hydrogen-bond donors (Lipinski definition) is 0. The Balaban J connectivity index is 1.89. The molecule has 0 radical (unpaired) electrons. The minimum Gasteiger partial charge on any atom is -0.380 e. The first kappa shape index (κ1) is 13.0. The van der Waals surface area contributed by atoms with Gasteiger partial charge in [-0.3, -0.25) is 14.6 Å². The molecule has 0 amide bonds. The fraction of sp³-hybridized carbons (Fsp3) is 0.923. The van der Waals surface area contributed by atoms with Gasteiger partial charge in [0.05, 0.1) is 19.1 Å². The Hall–Kier alpha value is -0.450. The van der Waals surface area contributed by atoms with Gasteiger partial charge in [0.1, 0.15) is 5.78 Å². The van der Waals surface area contributed by atoms with Gasteiger partial charge in [0.25, 0.3) is 0 Å². The van der Waals surface area contributed by atoms with E-state index in [9.17, 15) is 4.79 Å². The van der Waals surface area contributed by atoms with Crippen molar-refractivity contribution < 1.29 is 9.53 Å². The van der Waals surface area contributed by atoms with Crippen molar-refractivity contribution in [3.63, 3.8) is 0 Å². The molecule has 0 aromatic carbocycles. The molecule has 0 saturated carbocycles. The average Bonchev–Trinajstić information content (AvgIpc) is 2.26. The van der Waals surface area contributed by atoms with E-state index in [1.54, 1.807) is 0 Å². The van der Waals surface area contributed by atoms with E-state index in [1.165, 1.54) is 0 Å². The number of carbonyl (C=O) groups is 1. The quantitative estimate of drug-likeness (QED) is 0.708. The summed E-state index contributed by atoms with van der Waals surface area (Å²) < 4.78 is 5.41. The zero-order chi connectivity index (χ0) is 12.5. The molecule has 98 valence electrons. The van der Waals surface area contributed by atoms with Crippen LogP contribution < -0.4 is 0 Å². The van der Waals surface area contributed by atoms with Crippen LogP contribution >= 0.6 is 0 Å². The van der Waals surface area contributed by atoms with Crippen molar-refractivity contribution in [1.82, 2.24) is 9.80 Å². The van der Waals surface area contributed by atoms with Crippen LogP contribution in [0.4, 0.5) is 0 Å². The average molecular weight is 240 g/mol. The normalized spacial score (nSPS) is 31.7. The van der Waals surface area contributed by atoms with Crippen LogP contribution in [0.5, 0.6) is 0 Å². The highest BCUT2D eigenvalue weighted by atomic mass is 16.5. The molecule has 2 saturated heterocycles. The molecule has 0 aromatic rings. The van der Waals surface area contributed by atoms with Crippen LogP contribution in [0.25, 0.3) is 0 Å². The molecule has 17 heavy (non-hydrogen) atoms. The number of likely N-dealkylation sites (N-methyl/N-ethyl adjacent to an activating group) is 1. The summed E-state index contributed by atoms with van der Waals surface area (Å²) in [6, 6.07) is 0. The van der Waals surface area contributed by atoms with E-state index in [2.05, 4.69) is 30.7 Å². The van der Waals surface area contributed by atoms with Crippen molar-refractivity contribution in [2.24, 2.45) is 5.92 Å². The molecule has 2 rings (SSSR count). The highest BCUT2D eigenvalue weighted by Gasteiger charge is 2.33. The number of nitrogens with zero attached hydrogens (tertiary/aromatic N) is 2. The van der Waals surface area contributed by atoms with Gasteiger partial charge in [0.2, 0.25) is 0 Å². The summed E-state index contributed by atoms with van der Waals surface area (Å²) in [5.41, 5.74) is 0.205. The lowest BCUT2D eigenvalue weighted by Crippen LogP contribution is -2.58. The van der Waals surface area contributed by atoms with Crippen molar-refractivity contribution in [3.05, 3.63) is 0 Å². The second-order valence-electron chi connectivity index (χ2n) is 5.96. The monoisotopic (exact) mass is 240 g/mol. The molecule has 1 unspecified atom stereocenters. The fourth-order valence-corrected chi connectivity index (χ4v) is 2.66. The number of rotatable bonds is 2. The lowest BCUT2D eigenvalue weighted by atomic mass is 9.96. The smallest absolute Gasteiger partial charge is 0.141 e. The third-order valence-corrected chi connectivity index (χ3v) is 4.14. The lowest BCUT2D eigenvalue weighted by Gasteiger charge is -2.46. The van der Waals surface area contributed by atoms with Gasteiger partial charge < -0.3 is 4.74 Å². The Kier molecular flexibility index (Phi) is 3.85. The summed E-state index contributed by atoms with van der Waals surface area (Å²) in [6.45, 7) is 9.80. The largest absolute Gasteiger partial charge is 0.380 e. The van der Waals surface area contributed by atoms with Crippen molar-refractivity contribution in [2.75, 3.05) is 46.4 Å². The van der Waals surface area contributed by atoms with E-state index in [4.69, 9.17) is 4.74 Å². The molecule has 2 aliphatic rings. The molecule has 2 fully saturated rings. The zero-order valence-corrected chi connectivity index (χ0v) is 11.2. The maximum absolute atomic E-state index is 11.8. The van der Waals surface area contributed by atoms with Crippen molar-refractivity contribution in [2.45, 2.75) is 25.8 Å². The fourth-order valence-electron chi connectivity index (χ4n) is 2.66. The van der Waals surface area contributed by atoms with Gasteiger partial charge >= 0.3 is 0 Å². The molecule has 0 aliphatic carbocycles. The summed E-state index contributed by atoms with van der Waals surface area (Å²) >= 11 is 0. The van der Waals surface area contributed by atoms with Crippen molar-refractivity contribution in [1.29, 1.82) is 0 Å². The van der Waals surface area contributed by atoms with Gasteiger partial charge in [0.15, 0.2) is 0 Å². The van der Waals surface area contributed by atoms with Gasteiger partial charge in [-0.1, -0.05) is 0 Å². The summed E-state index contributed by atoms with van der Waals surface area (Å²) in [5.74, 6) is 0.482. The van der Waals surface area contributed by atoms with Gasteiger partial charge in [-0.2, -0.15) is 0 Å². The molecule has 4 nitrogen and oxygen atoms in total. The molecule has 0 aromatic heterocycles. The Bertz CT molecular complexity index is 291. The third-order valence-electron chi connectivity index (χ3n) is 4.14. The lowest BCUT2D eigenvalue weighted by molar-refractivity contribution is -0.132. The van der Waals surface area contributed by atoms with E-state index in [-0.39, 0.29) is 11.5 Å². The molecule has 0 bridgehead atoms. The van der Waals surface area contributed by atoms with Crippen LogP contribution in [-0.4, -0.2) is 67.6 Å². The predicted molar refractivity (Wildman–Crippen MR) is 67.1 cm³/mol. The maximum Gasteiger partial charge on any atom is 0.141 e. The van der Waals surface area contributed by atoms with E-state index in [1.807, 2.05) is 0 Å². The van der Waals surface area contributed by atoms with Crippen LogP contribution in [0.2, 0.25) is 0 Å². The second-order valence-corrected chi connectivity index (χ2v) is 5.96. The molecule has 2 heterocycles. The van der Waals surface area contributed by atoms with Crippen LogP contribution in [0.3, 0.4) is 0 Å².